The van der Waals surface area contributed by atoms with E-state index in [-0.39, 0.29) is 23.0 Å². The standard InChI is InChI=1S/C24H33N5O4S/c1-15(2)13-18(21-28-29-23(33-21)34-16(3)4)20(31)26-22(32)24(10-6-5-7-11-24)27-19(30)17-9-8-12-25-14-17/h8-9,12,14-16,18H,5-7,10-11,13H2,1-4H3,(H,27,30)(H,26,31,32)/t18-/m1/s1. The van der Waals surface area contributed by atoms with Gasteiger partial charge in [0.05, 0.1) is 5.56 Å². The number of carbonyl (C=O) groups excluding carboxylic acids is 3. The van der Waals surface area contributed by atoms with E-state index in [1.54, 1.807) is 18.3 Å². The van der Waals surface area contributed by atoms with E-state index in [1.165, 1.54) is 18.0 Å². The minimum atomic E-state index is -1.16. The fourth-order valence-electron chi connectivity index (χ4n) is 4.07. The molecule has 3 rings (SSSR count). The molecule has 2 heterocycles. The second-order valence-electron chi connectivity index (χ2n) is 9.41. The lowest BCUT2D eigenvalue weighted by atomic mass is 9.80. The van der Waals surface area contributed by atoms with Crippen molar-refractivity contribution < 1.29 is 18.8 Å². The van der Waals surface area contributed by atoms with Gasteiger partial charge in [0.2, 0.25) is 11.8 Å². The number of imide groups is 1. The van der Waals surface area contributed by atoms with Crippen molar-refractivity contribution >= 4 is 29.5 Å². The van der Waals surface area contributed by atoms with Crippen molar-refractivity contribution in [3.8, 4) is 0 Å². The topological polar surface area (TPSA) is 127 Å². The molecule has 10 heteroatoms. The molecule has 3 amide bonds. The Morgan fingerprint density at radius 3 is 2.47 bits per heavy atom. The van der Waals surface area contributed by atoms with Crippen molar-refractivity contribution in [2.75, 3.05) is 0 Å². The van der Waals surface area contributed by atoms with Crippen molar-refractivity contribution in [1.29, 1.82) is 0 Å². The summed E-state index contributed by atoms with van der Waals surface area (Å²) in [5.74, 6) is -1.79. The number of hydrogen-bond donors (Lipinski definition) is 2. The monoisotopic (exact) mass is 487 g/mol. The van der Waals surface area contributed by atoms with Crippen LogP contribution in [-0.4, -0.2) is 43.7 Å². The smallest absolute Gasteiger partial charge is 0.276 e. The van der Waals surface area contributed by atoms with Crippen LogP contribution in [0.15, 0.2) is 34.2 Å². The summed E-state index contributed by atoms with van der Waals surface area (Å²) >= 11 is 1.42. The van der Waals surface area contributed by atoms with E-state index in [4.69, 9.17) is 4.42 Å². The molecule has 1 atom stereocenters. The first-order valence-corrected chi connectivity index (χ1v) is 12.7. The van der Waals surface area contributed by atoms with E-state index < -0.39 is 23.3 Å². The molecular weight excluding hydrogens is 454 g/mol. The molecule has 0 radical (unpaired) electrons. The van der Waals surface area contributed by atoms with Crippen LogP contribution in [0.1, 0.15) is 88.4 Å². The number of nitrogens with one attached hydrogen (secondary N) is 2. The van der Waals surface area contributed by atoms with Gasteiger partial charge in [-0.15, -0.1) is 10.2 Å². The Morgan fingerprint density at radius 2 is 1.85 bits per heavy atom. The number of hydrogen-bond acceptors (Lipinski definition) is 8. The number of carbonyl (C=O) groups is 3. The Kier molecular flexibility index (Phi) is 8.82. The maximum absolute atomic E-state index is 13.4. The van der Waals surface area contributed by atoms with Gasteiger partial charge in [0.25, 0.3) is 17.0 Å². The van der Waals surface area contributed by atoms with Crippen LogP contribution in [-0.2, 0) is 9.59 Å². The molecule has 1 aliphatic carbocycles. The number of aromatic nitrogens is 3. The number of pyridine rings is 1. The highest BCUT2D eigenvalue weighted by Gasteiger charge is 2.43. The first kappa shape index (κ1) is 25.9. The van der Waals surface area contributed by atoms with Gasteiger partial charge in [-0.2, -0.15) is 0 Å². The summed E-state index contributed by atoms with van der Waals surface area (Å²) in [6.07, 6.45) is 6.94. The SMILES string of the molecule is CC(C)C[C@H](C(=O)NC(=O)C1(NC(=O)c2cccnc2)CCCCC1)c1nnc(SC(C)C)o1. The van der Waals surface area contributed by atoms with Crippen LogP contribution in [0.2, 0.25) is 0 Å². The lowest BCUT2D eigenvalue weighted by molar-refractivity contribution is -0.136. The molecule has 0 saturated heterocycles. The van der Waals surface area contributed by atoms with Gasteiger partial charge in [0.15, 0.2) is 0 Å². The van der Waals surface area contributed by atoms with Gasteiger partial charge in [-0.05, 0) is 37.3 Å². The van der Waals surface area contributed by atoms with Crippen molar-refractivity contribution in [1.82, 2.24) is 25.8 Å². The molecule has 0 unspecified atom stereocenters. The lowest BCUT2D eigenvalue weighted by Gasteiger charge is -2.36. The number of nitrogens with zero attached hydrogens (tertiary/aromatic N) is 3. The Bertz CT molecular complexity index is 986. The Hall–Kier alpha value is -2.75. The average molecular weight is 488 g/mol. The average Bonchev–Trinajstić information content (AvgIpc) is 3.25. The molecule has 1 aliphatic rings. The molecule has 2 aromatic rings. The van der Waals surface area contributed by atoms with E-state index in [0.29, 0.717) is 30.0 Å². The van der Waals surface area contributed by atoms with Gasteiger partial charge in [-0.3, -0.25) is 24.7 Å². The summed E-state index contributed by atoms with van der Waals surface area (Å²) in [6.45, 7) is 7.99. The van der Waals surface area contributed by atoms with Gasteiger partial charge < -0.3 is 9.73 Å². The summed E-state index contributed by atoms with van der Waals surface area (Å²) in [4.78, 5) is 43.5. The second-order valence-corrected chi connectivity index (χ2v) is 10.9. The Morgan fingerprint density at radius 1 is 1.12 bits per heavy atom. The molecule has 0 aliphatic heterocycles. The third kappa shape index (κ3) is 6.65. The first-order chi connectivity index (χ1) is 16.2. The molecular formula is C24H33N5O4S. The highest BCUT2D eigenvalue weighted by atomic mass is 32.2. The van der Waals surface area contributed by atoms with Crippen LogP contribution in [0, 0.1) is 5.92 Å². The van der Waals surface area contributed by atoms with Crippen molar-refractivity contribution in [2.45, 2.75) is 88.1 Å². The molecule has 2 aromatic heterocycles. The predicted molar refractivity (Wildman–Crippen MR) is 128 cm³/mol. The number of thioether (sulfide) groups is 1. The molecule has 1 saturated carbocycles. The first-order valence-electron chi connectivity index (χ1n) is 11.8. The summed E-state index contributed by atoms with van der Waals surface area (Å²) < 4.78 is 5.75. The normalized spacial score (nSPS) is 16.3. The Balaban J connectivity index is 1.78. The van der Waals surface area contributed by atoms with E-state index in [9.17, 15) is 14.4 Å². The zero-order chi connectivity index (χ0) is 24.7. The van der Waals surface area contributed by atoms with Crippen LogP contribution in [0.4, 0.5) is 0 Å². The van der Waals surface area contributed by atoms with Crippen LogP contribution >= 0.6 is 11.8 Å². The summed E-state index contributed by atoms with van der Waals surface area (Å²) in [5.41, 5.74) is -0.790. The highest BCUT2D eigenvalue weighted by molar-refractivity contribution is 7.99. The largest absolute Gasteiger partial charge is 0.415 e. The maximum atomic E-state index is 13.4. The molecule has 2 N–H and O–H groups in total. The summed E-state index contributed by atoms with van der Waals surface area (Å²) in [5, 5.41) is 14.2. The predicted octanol–water partition coefficient (Wildman–Crippen LogP) is 3.87. The summed E-state index contributed by atoms with van der Waals surface area (Å²) in [7, 11) is 0. The van der Waals surface area contributed by atoms with E-state index >= 15 is 0 Å². The van der Waals surface area contributed by atoms with Crippen molar-refractivity contribution in [3.63, 3.8) is 0 Å². The lowest BCUT2D eigenvalue weighted by Crippen LogP contribution is -2.61. The van der Waals surface area contributed by atoms with Crippen LogP contribution < -0.4 is 10.6 Å². The van der Waals surface area contributed by atoms with Gasteiger partial charge in [-0.25, -0.2) is 0 Å². The highest BCUT2D eigenvalue weighted by Crippen LogP contribution is 2.31. The molecule has 0 aromatic carbocycles. The molecule has 0 spiro atoms. The zero-order valence-electron chi connectivity index (χ0n) is 20.2. The minimum Gasteiger partial charge on any atom is -0.415 e. The van der Waals surface area contributed by atoms with E-state index in [2.05, 4.69) is 25.8 Å². The fraction of sp³-hybridized carbons (Fsp3) is 0.583. The third-order valence-electron chi connectivity index (χ3n) is 5.74. The van der Waals surface area contributed by atoms with Gasteiger partial charge in [0, 0.05) is 17.6 Å². The van der Waals surface area contributed by atoms with E-state index in [0.717, 1.165) is 19.3 Å². The fourth-order valence-corrected chi connectivity index (χ4v) is 4.70. The van der Waals surface area contributed by atoms with Crippen LogP contribution in [0.5, 0.6) is 0 Å². The molecule has 9 nitrogen and oxygen atoms in total. The number of rotatable bonds is 9. The van der Waals surface area contributed by atoms with Gasteiger partial charge >= 0.3 is 0 Å². The molecule has 34 heavy (non-hydrogen) atoms. The summed E-state index contributed by atoms with van der Waals surface area (Å²) in [6, 6.07) is 3.31. The van der Waals surface area contributed by atoms with Crippen LogP contribution in [0.25, 0.3) is 0 Å². The number of amides is 3. The quantitative estimate of drug-likeness (QED) is 0.510. The maximum Gasteiger partial charge on any atom is 0.276 e. The zero-order valence-corrected chi connectivity index (χ0v) is 21.0. The van der Waals surface area contributed by atoms with Crippen LogP contribution in [0.3, 0.4) is 0 Å². The molecule has 1 fully saturated rings. The van der Waals surface area contributed by atoms with Gasteiger partial charge in [-0.1, -0.05) is 58.7 Å². The van der Waals surface area contributed by atoms with Crippen molar-refractivity contribution in [2.24, 2.45) is 5.92 Å². The second kappa shape index (κ2) is 11.6. The van der Waals surface area contributed by atoms with E-state index in [1.807, 2.05) is 27.7 Å². The Labute approximate surface area is 204 Å². The third-order valence-corrected chi connectivity index (χ3v) is 6.57. The molecule has 0 bridgehead atoms. The molecule has 184 valence electrons. The minimum absolute atomic E-state index is 0.160. The van der Waals surface area contributed by atoms with Gasteiger partial charge in [0.1, 0.15) is 11.5 Å². The van der Waals surface area contributed by atoms with Crippen molar-refractivity contribution in [3.05, 3.63) is 36.0 Å².